The van der Waals surface area contributed by atoms with Gasteiger partial charge in [-0.2, -0.15) is 0 Å². The molecule has 1 atom stereocenters. The van der Waals surface area contributed by atoms with Gasteiger partial charge in [-0.1, -0.05) is 18.2 Å². The van der Waals surface area contributed by atoms with Crippen LogP contribution in [0.3, 0.4) is 0 Å². The maximum Gasteiger partial charge on any atom is 0.335 e. The summed E-state index contributed by atoms with van der Waals surface area (Å²) in [7, 11) is -7.10. The first-order valence-electron chi connectivity index (χ1n) is 10.3. The fourth-order valence-corrected chi connectivity index (χ4v) is 8.67. The highest BCUT2D eigenvalue weighted by molar-refractivity contribution is 7.93. The van der Waals surface area contributed by atoms with Crippen LogP contribution in [-0.2, 0) is 25.3 Å². The first-order valence-corrected chi connectivity index (χ1v) is 13.6. The smallest absolute Gasteiger partial charge is 0.335 e. The Hall–Kier alpha value is -2.39. The second-order valence-corrected chi connectivity index (χ2v) is 12.9. The molecule has 0 amide bonds. The summed E-state index contributed by atoms with van der Waals surface area (Å²) in [6.07, 6.45) is 2.35. The first-order chi connectivity index (χ1) is 14.7. The van der Waals surface area contributed by atoms with Gasteiger partial charge >= 0.3 is 5.97 Å². The molecule has 1 saturated heterocycles. The molecule has 0 bridgehead atoms. The van der Waals surface area contributed by atoms with Gasteiger partial charge in [-0.05, 0) is 67.5 Å². The van der Waals surface area contributed by atoms with E-state index in [4.69, 9.17) is 0 Å². The van der Waals surface area contributed by atoms with Gasteiger partial charge in [-0.25, -0.2) is 21.6 Å². The molecule has 2 fully saturated rings. The third-order valence-electron chi connectivity index (χ3n) is 6.92. The molecule has 2 heterocycles. The number of carbonyl (C=O) groups is 1. The van der Waals surface area contributed by atoms with Crippen molar-refractivity contribution in [2.45, 2.75) is 42.0 Å². The van der Waals surface area contributed by atoms with Crippen LogP contribution in [0, 0.1) is 5.92 Å². The molecule has 3 aliphatic rings. The second-order valence-electron chi connectivity index (χ2n) is 8.74. The Bertz CT molecular complexity index is 1250. The Labute approximate surface area is 181 Å². The van der Waals surface area contributed by atoms with Gasteiger partial charge in [0.15, 0.2) is 0 Å². The molecular weight excluding hydrogens is 438 g/mol. The lowest BCUT2D eigenvalue weighted by Gasteiger charge is -2.41. The van der Waals surface area contributed by atoms with Crippen molar-refractivity contribution in [3.05, 3.63) is 59.7 Å². The monoisotopic (exact) mass is 461 g/mol. The van der Waals surface area contributed by atoms with E-state index in [1.54, 1.807) is 42.5 Å². The van der Waals surface area contributed by atoms with Crippen molar-refractivity contribution in [1.29, 1.82) is 0 Å². The van der Waals surface area contributed by atoms with E-state index in [1.165, 1.54) is 10.4 Å². The molecule has 2 aromatic rings. The summed E-state index contributed by atoms with van der Waals surface area (Å²) in [5, 5.41) is 9.55. The van der Waals surface area contributed by atoms with Crippen molar-refractivity contribution in [3.8, 4) is 0 Å². The quantitative estimate of drug-likeness (QED) is 0.750. The van der Waals surface area contributed by atoms with Gasteiger partial charge in [-0.3, -0.25) is 4.31 Å². The summed E-state index contributed by atoms with van der Waals surface area (Å²) in [4.78, 5) is 11.9. The van der Waals surface area contributed by atoms with Crippen molar-refractivity contribution in [3.63, 3.8) is 0 Å². The number of carboxylic acids is 1. The Morgan fingerprint density at radius 2 is 1.68 bits per heavy atom. The van der Waals surface area contributed by atoms with E-state index >= 15 is 0 Å². The Morgan fingerprint density at radius 1 is 1.03 bits per heavy atom. The number of carboxylic acid groups (broad SMARTS) is 1. The molecule has 0 radical (unpaired) electrons. The molecule has 9 heteroatoms. The zero-order valence-electron chi connectivity index (χ0n) is 16.8. The molecule has 0 aromatic heterocycles. The maximum absolute atomic E-state index is 13.8. The predicted octanol–water partition coefficient (Wildman–Crippen LogP) is 2.82. The van der Waals surface area contributed by atoms with Crippen LogP contribution in [-0.4, -0.2) is 45.5 Å². The van der Waals surface area contributed by atoms with Gasteiger partial charge in [0.05, 0.1) is 33.7 Å². The largest absolute Gasteiger partial charge is 0.478 e. The number of sulfonamides is 1. The van der Waals surface area contributed by atoms with Gasteiger partial charge in [0.2, 0.25) is 0 Å². The van der Waals surface area contributed by atoms with E-state index < -0.39 is 37.3 Å². The molecule has 31 heavy (non-hydrogen) atoms. The maximum atomic E-state index is 13.8. The van der Waals surface area contributed by atoms with E-state index in [0.29, 0.717) is 24.1 Å². The molecule has 1 saturated carbocycles. The molecule has 1 spiro atoms. The SMILES string of the molecule is O=C(O)c1ccc2c(c1)C1(CCS(=O)(=O)CC1)C(C1CC1)N2S(=O)(=O)c1ccccc1. The number of benzene rings is 2. The van der Waals surface area contributed by atoms with E-state index in [0.717, 1.165) is 12.8 Å². The van der Waals surface area contributed by atoms with Gasteiger partial charge in [0, 0.05) is 5.41 Å². The van der Waals surface area contributed by atoms with Crippen molar-refractivity contribution in [1.82, 2.24) is 0 Å². The van der Waals surface area contributed by atoms with E-state index in [1.807, 2.05) is 0 Å². The highest BCUT2D eigenvalue weighted by Gasteiger charge is 2.60. The second kappa shape index (κ2) is 6.80. The summed E-state index contributed by atoms with van der Waals surface area (Å²) >= 11 is 0. The fourth-order valence-electron chi connectivity index (χ4n) is 5.30. The number of sulfone groups is 1. The van der Waals surface area contributed by atoms with Crippen molar-refractivity contribution >= 4 is 31.5 Å². The summed E-state index contributed by atoms with van der Waals surface area (Å²) in [5.41, 5.74) is 0.513. The average Bonchev–Trinajstić information content (AvgIpc) is 3.54. The number of hydrogen-bond donors (Lipinski definition) is 1. The lowest BCUT2D eigenvalue weighted by molar-refractivity contribution is 0.0696. The molecule has 5 rings (SSSR count). The highest BCUT2D eigenvalue weighted by Crippen LogP contribution is 2.59. The van der Waals surface area contributed by atoms with Crippen LogP contribution in [0.15, 0.2) is 53.4 Å². The Morgan fingerprint density at radius 3 is 2.26 bits per heavy atom. The van der Waals surface area contributed by atoms with E-state index in [9.17, 15) is 26.7 Å². The van der Waals surface area contributed by atoms with Crippen LogP contribution in [0.2, 0.25) is 0 Å². The number of rotatable bonds is 4. The average molecular weight is 462 g/mol. The first kappa shape index (κ1) is 20.5. The summed E-state index contributed by atoms with van der Waals surface area (Å²) in [6.45, 7) is 0. The number of anilines is 1. The minimum absolute atomic E-state index is 0.0216. The van der Waals surface area contributed by atoms with Gasteiger partial charge < -0.3 is 5.11 Å². The summed E-state index contributed by atoms with van der Waals surface area (Å²) < 4.78 is 53.6. The van der Waals surface area contributed by atoms with Crippen molar-refractivity contribution in [2.24, 2.45) is 5.92 Å². The number of hydrogen-bond acceptors (Lipinski definition) is 5. The standard InChI is InChI=1S/C22H23NO6S2/c24-21(25)16-8-9-19-18(14-16)22(10-12-30(26,27)13-11-22)20(15-6-7-15)23(19)31(28,29)17-4-2-1-3-5-17/h1-5,8-9,14-15,20H,6-7,10-13H2,(H,24,25). The Kier molecular flexibility index (Phi) is 4.50. The van der Waals surface area contributed by atoms with Crippen molar-refractivity contribution < 1.29 is 26.7 Å². The van der Waals surface area contributed by atoms with Gasteiger partial charge in [0.1, 0.15) is 9.84 Å². The summed E-state index contributed by atoms with van der Waals surface area (Å²) in [6, 6.07) is 12.4. The zero-order chi connectivity index (χ0) is 22.0. The minimum atomic E-state index is -3.91. The fraction of sp³-hybridized carbons (Fsp3) is 0.409. The molecule has 1 unspecified atom stereocenters. The van der Waals surface area contributed by atoms with Crippen LogP contribution in [0.4, 0.5) is 5.69 Å². The zero-order valence-corrected chi connectivity index (χ0v) is 18.4. The molecule has 1 N–H and O–H groups in total. The topological polar surface area (TPSA) is 109 Å². The Balaban J connectivity index is 1.74. The van der Waals surface area contributed by atoms with Crippen LogP contribution >= 0.6 is 0 Å². The number of nitrogens with zero attached hydrogens (tertiary/aromatic N) is 1. The van der Waals surface area contributed by atoms with Crippen LogP contribution in [0.25, 0.3) is 0 Å². The van der Waals surface area contributed by atoms with Gasteiger partial charge in [-0.15, -0.1) is 0 Å². The molecule has 2 aliphatic heterocycles. The molecule has 2 aromatic carbocycles. The minimum Gasteiger partial charge on any atom is -0.478 e. The normalized spacial score (nSPS) is 24.1. The lowest BCUT2D eigenvalue weighted by Crippen LogP contribution is -2.52. The summed E-state index contributed by atoms with van der Waals surface area (Å²) in [5.74, 6) is -1.01. The highest BCUT2D eigenvalue weighted by atomic mass is 32.2. The molecular formula is C22H23NO6S2. The third-order valence-corrected chi connectivity index (χ3v) is 10.4. The van der Waals surface area contributed by atoms with Crippen LogP contribution in [0.5, 0.6) is 0 Å². The number of aromatic carboxylic acids is 1. The third kappa shape index (κ3) is 3.17. The van der Waals surface area contributed by atoms with E-state index in [-0.39, 0.29) is 27.9 Å². The van der Waals surface area contributed by atoms with Crippen LogP contribution in [0.1, 0.15) is 41.6 Å². The predicted molar refractivity (Wildman–Crippen MR) is 116 cm³/mol. The molecule has 7 nitrogen and oxygen atoms in total. The molecule has 164 valence electrons. The van der Waals surface area contributed by atoms with Crippen LogP contribution < -0.4 is 4.31 Å². The molecule has 1 aliphatic carbocycles. The lowest BCUT2D eigenvalue weighted by atomic mass is 9.70. The van der Waals surface area contributed by atoms with Crippen molar-refractivity contribution in [2.75, 3.05) is 15.8 Å². The van der Waals surface area contributed by atoms with Gasteiger partial charge in [0.25, 0.3) is 10.0 Å². The van der Waals surface area contributed by atoms with E-state index in [2.05, 4.69) is 0 Å². The number of fused-ring (bicyclic) bond motifs is 2.